The molecule has 3 aromatic carbocycles. The molecule has 168 valence electrons. The Hall–Kier alpha value is -4.20. The van der Waals surface area contributed by atoms with Gasteiger partial charge in [0.25, 0.3) is 11.5 Å². The third-order valence-corrected chi connectivity index (χ3v) is 5.36. The van der Waals surface area contributed by atoms with Crippen LogP contribution < -0.4 is 21.1 Å². The van der Waals surface area contributed by atoms with Gasteiger partial charge in [-0.3, -0.25) is 29.8 Å². The van der Waals surface area contributed by atoms with Gasteiger partial charge in [0.05, 0.1) is 17.2 Å². The molecule has 4 aromatic rings. The maximum absolute atomic E-state index is 12.6. The molecule has 0 radical (unpaired) electrons. The standard InChI is InChI=1S/C25H24N4O4/c1-16-6-5-9-21-23(16)26-15-29(25(21)32)13-12-22(30)27-28-24(31)17(2)33-20-11-10-18-7-3-4-8-19(18)14-20/h3-11,14-15,17H,12-13H2,1-2H3,(H,27,30)(H,28,31)/t17-/m1/s1. The number of rotatable bonds is 6. The number of para-hydroxylation sites is 1. The van der Waals surface area contributed by atoms with Gasteiger partial charge in [0.2, 0.25) is 5.91 Å². The summed E-state index contributed by atoms with van der Waals surface area (Å²) in [6.07, 6.45) is 0.615. The van der Waals surface area contributed by atoms with Crippen molar-refractivity contribution >= 4 is 33.5 Å². The van der Waals surface area contributed by atoms with Crippen LogP contribution in [0.25, 0.3) is 21.7 Å². The van der Waals surface area contributed by atoms with E-state index >= 15 is 0 Å². The van der Waals surface area contributed by atoms with Crippen molar-refractivity contribution in [3.8, 4) is 5.75 Å². The SMILES string of the molecule is Cc1cccc2c(=O)n(CCC(=O)NNC(=O)[C@@H](C)Oc3ccc4ccccc4c3)cnc12. The summed E-state index contributed by atoms with van der Waals surface area (Å²) in [6.45, 7) is 3.62. The van der Waals surface area contributed by atoms with Crippen LogP contribution in [-0.2, 0) is 16.1 Å². The summed E-state index contributed by atoms with van der Waals surface area (Å²) < 4.78 is 7.08. The predicted molar refractivity (Wildman–Crippen MR) is 126 cm³/mol. The van der Waals surface area contributed by atoms with Crippen molar-refractivity contribution in [1.29, 1.82) is 0 Å². The van der Waals surface area contributed by atoms with Gasteiger partial charge >= 0.3 is 0 Å². The number of carbonyl (C=O) groups is 2. The van der Waals surface area contributed by atoms with E-state index < -0.39 is 17.9 Å². The molecule has 0 aliphatic carbocycles. The number of hydrazine groups is 1. The van der Waals surface area contributed by atoms with Gasteiger partial charge in [0.15, 0.2) is 6.10 Å². The van der Waals surface area contributed by atoms with Crippen LogP contribution >= 0.6 is 0 Å². The maximum Gasteiger partial charge on any atom is 0.279 e. The van der Waals surface area contributed by atoms with E-state index in [0.29, 0.717) is 16.7 Å². The number of amides is 2. The van der Waals surface area contributed by atoms with Gasteiger partial charge in [-0.15, -0.1) is 0 Å². The fourth-order valence-electron chi connectivity index (χ4n) is 3.51. The Bertz CT molecular complexity index is 1400. The van der Waals surface area contributed by atoms with Gasteiger partial charge in [-0.1, -0.05) is 42.5 Å². The summed E-state index contributed by atoms with van der Waals surface area (Å²) in [6, 6.07) is 18.8. The molecule has 2 N–H and O–H groups in total. The van der Waals surface area contributed by atoms with E-state index in [1.54, 1.807) is 25.1 Å². The molecule has 8 heteroatoms. The number of benzene rings is 3. The topological polar surface area (TPSA) is 102 Å². The highest BCUT2D eigenvalue weighted by Crippen LogP contribution is 2.21. The van der Waals surface area contributed by atoms with Crippen LogP contribution in [0, 0.1) is 6.92 Å². The van der Waals surface area contributed by atoms with Gasteiger partial charge in [0, 0.05) is 13.0 Å². The molecule has 1 heterocycles. The number of ether oxygens (including phenoxy) is 1. The Morgan fingerprint density at radius 1 is 1.03 bits per heavy atom. The molecule has 1 aromatic heterocycles. The lowest BCUT2D eigenvalue weighted by atomic mass is 10.1. The molecule has 0 aliphatic rings. The van der Waals surface area contributed by atoms with Crippen molar-refractivity contribution < 1.29 is 14.3 Å². The molecule has 0 saturated heterocycles. The highest BCUT2D eigenvalue weighted by atomic mass is 16.5. The molecule has 0 bridgehead atoms. The van der Waals surface area contributed by atoms with E-state index in [-0.39, 0.29) is 18.5 Å². The number of aryl methyl sites for hydroxylation is 2. The average molecular weight is 444 g/mol. The number of fused-ring (bicyclic) bond motifs is 2. The summed E-state index contributed by atoms with van der Waals surface area (Å²) in [4.78, 5) is 41.4. The second-order valence-electron chi connectivity index (χ2n) is 7.77. The normalized spacial score (nSPS) is 11.8. The van der Waals surface area contributed by atoms with Crippen molar-refractivity contribution in [2.24, 2.45) is 0 Å². The molecular formula is C25H24N4O4. The van der Waals surface area contributed by atoms with E-state index in [4.69, 9.17) is 4.74 Å². The lowest BCUT2D eigenvalue weighted by Crippen LogP contribution is -2.47. The molecule has 8 nitrogen and oxygen atoms in total. The third-order valence-electron chi connectivity index (χ3n) is 5.36. The molecule has 4 rings (SSSR count). The largest absolute Gasteiger partial charge is 0.481 e. The zero-order chi connectivity index (χ0) is 23.4. The molecule has 0 unspecified atom stereocenters. The first-order valence-electron chi connectivity index (χ1n) is 10.6. The quantitative estimate of drug-likeness (QED) is 0.445. The van der Waals surface area contributed by atoms with Crippen molar-refractivity contribution in [1.82, 2.24) is 20.4 Å². The number of hydrogen-bond acceptors (Lipinski definition) is 5. The second kappa shape index (κ2) is 9.52. The molecule has 1 atom stereocenters. The lowest BCUT2D eigenvalue weighted by molar-refractivity contribution is -0.132. The minimum Gasteiger partial charge on any atom is -0.481 e. The number of hydrogen-bond donors (Lipinski definition) is 2. The Labute approximate surface area is 190 Å². The van der Waals surface area contributed by atoms with Gasteiger partial charge < -0.3 is 4.74 Å². The van der Waals surface area contributed by atoms with Crippen LogP contribution in [-0.4, -0.2) is 27.5 Å². The van der Waals surface area contributed by atoms with Crippen LogP contribution in [0.1, 0.15) is 18.9 Å². The first-order chi connectivity index (χ1) is 15.9. The van der Waals surface area contributed by atoms with Gasteiger partial charge in [-0.2, -0.15) is 0 Å². The Morgan fingerprint density at radius 2 is 1.82 bits per heavy atom. The van der Waals surface area contributed by atoms with Crippen molar-refractivity contribution in [2.45, 2.75) is 32.9 Å². The number of nitrogens with zero attached hydrogens (tertiary/aromatic N) is 2. The first kappa shape index (κ1) is 22.0. The maximum atomic E-state index is 12.6. The van der Waals surface area contributed by atoms with E-state index in [9.17, 15) is 14.4 Å². The van der Waals surface area contributed by atoms with Crippen LogP contribution in [0.15, 0.2) is 71.8 Å². The smallest absolute Gasteiger partial charge is 0.279 e. The van der Waals surface area contributed by atoms with Gasteiger partial charge in [-0.25, -0.2) is 4.98 Å². The zero-order valence-corrected chi connectivity index (χ0v) is 18.4. The lowest BCUT2D eigenvalue weighted by Gasteiger charge is -2.15. The molecule has 2 amide bonds. The van der Waals surface area contributed by atoms with Crippen LogP contribution in [0.3, 0.4) is 0 Å². The van der Waals surface area contributed by atoms with Crippen molar-refractivity contribution in [2.75, 3.05) is 0 Å². The summed E-state index contributed by atoms with van der Waals surface area (Å²) in [5, 5.41) is 2.58. The highest BCUT2D eigenvalue weighted by molar-refractivity contribution is 5.86. The summed E-state index contributed by atoms with van der Waals surface area (Å²) in [5.74, 6) is -0.366. The molecule has 33 heavy (non-hydrogen) atoms. The molecule has 0 aliphatic heterocycles. The van der Waals surface area contributed by atoms with Crippen LogP contribution in [0.4, 0.5) is 0 Å². The number of aromatic nitrogens is 2. The van der Waals surface area contributed by atoms with Crippen molar-refractivity contribution in [3.05, 3.63) is 82.9 Å². The summed E-state index contributed by atoms with van der Waals surface area (Å²) in [5.41, 5.74) is 6.07. The fourth-order valence-corrected chi connectivity index (χ4v) is 3.51. The average Bonchev–Trinajstić information content (AvgIpc) is 2.82. The minimum absolute atomic E-state index is 0.000891. The molecule has 0 saturated carbocycles. The molecular weight excluding hydrogens is 420 g/mol. The first-order valence-corrected chi connectivity index (χ1v) is 10.6. The third kappa shape index (κ3) is 5.01. The van der Waals surface area contributed by atoms with Crippen LogP contribution in [0.2, 0.25) is 0 Å². The number of nitrogens with one attached hydrogen (secondary N) is 2. The summed E-state index contributed by atoms with van der Waals surface area (Å²) >= 11 is 0. The Kier molecular flexibility index (Phi) is 6.35. The highest BCUT2D eigenvalue weighted by Gasteiger charge is 2.16. The molecule has 0 spiro atoms. The predicted octanol–water partition coefficient (Wildman–Crippen LogP) is 2.86. The monoisotopic (exact) mass is 444 g/mol. The summed E-state index contributed by atoms with van der Waals surface area (Å²) in [7, 11) is 0. The number of carbonyl (C=O) groups excluding carboxylic acids is 2. The Morgan fingerprint density at radius 3 is 2.64 bits per heavy atom. The minimum atomic E-state index is -0.818. The van der Waals surface area contributed by atoms with E-state index in [2.05, 4.69) is 15.8 Å². The second-order valence-corrected chi connectivity index (χ2v) is 7.77. The van der Waals surface area contributed by atoms with E-state index in [0.717, 1.165) is 16.3 Å². The zero-order valence-electron chi connectivity index (χ0n) is 18.4. The Balaban J connectivity index is 1.29. The van der Waals surface area contributed by atoms with Crippen molar-refractivity contribution in [3.63, 3.8) is 0 Å². The van der Waals surface area contributed by atoms with E-state index in [1.807, 2.05) is 49.4 Å². The van der Waals surface area contributed by atoms with E-state index in [1.165, 1.54) is 10.9 Å². The van der Waals surface area contributed by atoms with Crippen LogP contribution in [0.5, 0.6) is 5.75 Å². The fraction of sp³-hybridized carbons (Fsp3) is 0.200. The molecule has 0 fully saturated rings. The van der Waals surface area contributed by atoms with Gasteiger partial charge in [0.1, 0.15) is 5.75 Å². The van der Waals surface area contributed by atoms with Gasteiger partial charge in [-0.05, 0) is 48.4 Å².